The molecule has 0 saturated carbocycles. The fourth-order valence-electron chi connectivity index (χ4n) is 2.68. The van der Waals surface area contributed by atoms with Gasteiger partial charge in [-0.15, -0.1) is 0 Å². The lowest BCUT2D eigenvalue weighted by molar-refractivity contribution is -0.139. The normalized spacial score (nSPS) is 19.2. The molecule has 1 aliphatic heterocycles. The van der Waals surface area contributed by atoms with Crippen LogP contribution in [0, 0.1) is 0 Å². The van der Waals surface area contributed by atoms with Crippen molar-refractivity contribution in [1.29, 1.82) is 0 Å². The predicted molar refractivity (Wildman–Crippen MR) is 107 cm³/mol. The molecule has 0 unspecified atom stereocenters. The van der Waals surface area contributed by atoms with Crippen LogP contribution in [0.2, 0.25) is 0 Å². The highest BCUT2D eigenvalue weighted by molar-refractivity contribution is 6.62. The van der Waals surface area contributed by atoms with Gasteiger partial charge in [-0.3, -0.25) is 0 Å². The number of carboxylic acid groups (broad SMARTS) is 1. The van der Waals surface area contributed by atoms with Gasteiger partial charge in [0.05, 0.1) is 11.2 Å². The summed E-state index contributed by atoms with van der Waals surface area (Å²) >= 11 is 0. The number of hydrogen-bond donors (Lipinski definition) is 2. The number of aliphatic carboxylic acids is 1. The molecule has 2 N–H and O–H groups in total. The maximum absolute atomic E-state index is 11.9. The van der Waals surface area contributed by atoms with Crippen molar-refractivity contribution in [2.24, 2.45) is 0 Å². The minimum atomic E-state index is -1.12. The van der Waals surface area contributed by atoms with Gasteiger partial charge in [0, 0.05) is 6.42 Å². The second kappa shape index (κ2) is 7.76. The van der Waals surface area contributed by atoms with E-state index in [1.165, 1.54) is 0 Å². The van der Waals surface area contributed by atoms with Crippen molar-refractivity contribution in [3.8, 4) is 0 Å². The lowest BCUT2D eigenvalue weighted by Crippen LogP contribution is -2.44. The van der Waals surface area contributed by atoms with Crippen molar-refractivity contribution >= 4 is 24.6 Å². The van der Waals surface area contributed by atoms with Crippen molar-refractivity contribution in [2.45, 2.75) is 77.7 Å². The molecule has 0 aromatic heterocycles. The Hall–Kier alpha value is -2.06. The topological polar surface area (TPSA) is 94.1 Å². The number of carboxylic acids is 1. The molecule has 7 nitrogen and oxygen atoms in total. The third-order valence-corrected chi connectivity index (χ3v) is 4.93. The smallest absolute Gasteiger partial charge is 0.480 e. The summed E-state index contributed by atoms with van der Waals surface area (Å²) in [7, 11) is -0.478. The third-order valence-electron chi connectivity index (χ3n) is 4.93. The zero-order chi connectivity index (χ0) is 21.3. The Bertz CT molecular complexity index is 707. The van der Waals surface area contributed by atoms with Gasteiger partial charge in [0.15, 0.2) is 0 Å². The summed E-state index contributed by atoms with van der Waals surface area (Å²) in [5.41, 5.74) is 0.0694. The Morgan fingerprint density at radius 3 is 2.04 bits per heavy atom. The van der Waals surface area contributed by atoms with Crippen molar-refractivity contribution in [3.63, 3.8) is 0 Å². The SMILES string of the molecule is CC(C)(C)OC(=O)N[C@H](Cc1ccc(B2OC(C)(C)C(C)(C)O2)cc1)C(=O)O. The first kappa shape index (κ1) is 22.2. The van der Waals surface area contributed by atoms with E-state index in [0.717, 1.165) is 11.0 Å². The van der Waals surface area contributed by atoms with Gasteiger partial charge in [-0.05, 0) is 59.5 Å². The Morgan fingerprint density at radius 2 is 1.61 bits per heavy atom. The molecule has 0 aliphatic carbocycles. The highest BCUT2D eigenvalue weighted by Gasteiger charge is 2.51. The maximum Gasteiger partial charge on any atom is 0.494 e. The molecule has 1 aliphatic rings. The largest absolute Gasteiger partial charge is 0.494 e. The minimum Gasteiger partial charge on any atom is -0.480 e. The summed E-state index contributed by atoms with van der Waals surface area (Å²) in [6, 6.07) is 6.24. The summed E-state index contributed by atoms with van der Waals surface area (Å²) in [6.45, 7) is 13.1. The Morgan fingerprint density at radius 1 is 1.11 bits per heavy atom. The van der Waals surface area contributed by atoms with Crippen LogP contribution in [0.4, 0.5) is 4.79 Å². The summed E-state index contributed by atoms with van der Waals surface area (Å²) in [6.07, 6.45) is -0.619. The first-order valence-corrected chi connectivity index (χ1v) is 9.37. The molecule has 154 valence electrons. The van der Waals surface area contributed by atoms with Gasteiger partial charge in [-0.2, -0.15) is 0 Å². The number of rotatable bonds is 5. The van der Waals surface area contributed by atoms with Crippen LogP contribution in [-0.2, 0) is 25.3 Å². The number of hydrogen-bond acceptors (Lipinski definition) is 5. The van der Waals surface area contributed by atoms with Gasteiger partial charge in [0.25, 0.3) is 0 Å². The molecule has 0 bridgehead atoms. The summed E-state index contributed by atoms with van der Waals surface area (Å²) in [5, 5.41) is 11.8. The summed E-state index contributed by atoms with van der Waals surface area (Å²) < 4.78 is 17.2. The van der Waals surface area contributed by atoms with Gasteiger partial charge in [0.1, 0.15) is 11.6 Å². The molecule has 0 spiro atoms. The maximum atomic E-state index is 11.9. The van der Waals surface area contributed by atoms with E-state index in [1.807, 2.05) is 52.0 Å². The second-order valence-corrected chi connectivity index (χ2v) is 9.07. The predicted octanol–water partition coefficient (Wildman–Crippen LogP) is 2.51. The van der Waals surface area contributed by atoms with Crippen LogP contribution in [0.15, 0.2) is 24.3 Å². The highest BCUT2D eigenvalue weighted by Crippen LogP contribution is 2.36. The van der Waals surface area contributed by atoms with E-state index < -0.39 is 42.0 Å². The van der Waals surface area contributed by atoms with Gasteiger partial charge in [-0.25, -0.2) is 9.59 Å². The van der Waals surface area contributed by atoms with Gasteiger partial charge in [-0.1, -0.05) is 24.3 Å². The number of carbonyl (C=O) groups excluding carboxylic acids is 1. The van der Waals surface area contributed by atoms with E-state index >= 15 is 0 Å². The van der Waals surface area contributed by atoms with E-state index in [-0.39, 0.29) is 6.42 Å². The van der Waals surface area contributed by atoms with Crippen LogP contribution in [-0.4, -0.2) is 47.1 Å². The number of ether oxygens (including phenoxy) is 1. The van der Waals surface area contributed by atoms with E-state index in [0.29, 0.717) is 0 Å². The van der Waals surface area contributed by atoms with Crippen LogP contribution in [0.5, 0.6) is 0 Å². The fourth-order valence-corrected chi connectivity index (χ4v) is 2.68. The molecular weight excluding hydrogens is 361 g/mol. The fraction of sp³-hybridized carbons (Fsp3) is 0.600. The number of nitrogens with one attached hydrogen (secondary N) is 1. The molecular formula is C20H30BNO6. The molecule has 1 aromatic carbocycles. The van der Waals surface area contributed by atoms with Gasteiger partial charge >= 0.3 is 19.2 Å². The molecule has 8 heteroatoms. The molecule has 2 rings (SSSR count). The number of benzene rings is 1. The monoisotopic (exact) mass is 391 g/mol. The Kier molecular flexibility index (Phi) is 6.16. The molecule has 0 radical (unpaired) electrons. The van der Waals surface area contributed by atoms with Gasteiger partial charge in [0.2, 0.25) is 0 Å². The molecule has 1 saturated heterocycles. The van der Waals surface area contributed by atoms with Crippen molar-refractivity contribution in [3.05, 3.63) is 29.8 Å². The molecule has 1 aromatic rings. The van der Waals surface area contributed by atoms with Crippen LogP contribution in [0.3, 0.4) is 0 Å². The number of alkyl carbamates (subject to hydrolysis) is 1. The van der Waals surface area contributed by atoms with Crippen molar-refractivity contribution in [2.75, 3.05) is 0 Å². The highest BCUT2D eigenvalue weighted by atomic mass is 16.7. The van der Waals surface area contributed by atoms with Crippen molar-refractivity contribution < 1.29 is 28.7 Å². The minimum absolute atomic E-state index is 0.137. The number of carbonyl (C=O) groups is 2. The molecule has 1 heterocycles. The molecule has 28 heavy (non-hydrogen) atoms. The quantitative estimate of drug-likeness (QED) is 0.750. The second-order valence-electron chi connectivity index (χ2n) is 9.07. The van der Waals surface area contributed by atoms with Gasteiger partial charge < -0.3 is 24.5 Å². The zero-order valence-corrected chi connectivity index (χ0v) is 17.7. The number of amides is 1. The molecule has 1 atom stereocenters. The molecule has 1 amide bonds. The van der Waals surface area contributed by atoms with Crippen LogP contribution < -0.4 is 10.8 Å². The first-order chi connectivity index (χ1) is 12.7. The summed E-state index contributed by atoms with van der Waals surface area (Å²) in [4.78, 5) is 23.4. The van der Waals surface area contributed by atoms with E-state index in [4.69, 9.17) is 14.0 Å². The average molecular weight is 391 g/mol. The van der Waals surface area contributed by atoms with Crippen LogP contribution in [0.25, 0.3) is 0 Å². The van der Waals surface area contributed by atoms with Crippen molar-refractivity contribution in [1.82, 2.24) is 5.32 Å². The first-order valence-electron chi connectivity index (χ1n) is 9.37. The van der Waals surface area contributed by atoms with E-state index in [9.17, 15) is 14.7 Å². The molecule has 1 fully saturated rings. The van der Waals surface area contributed by atoms with Crippen LogP contribution in [0.1, 0.15) is 54.0 Å². The standard InChI is InChI=1S/C20H30BNO6/c1-18(2,3)26-17(25)22-15(16(23)24)12-13-8-10-14(11-9-13)21-27-19(4,5)20(6,7)28-21/h8-11,15H,12H2,1-7H3,(H,22,25)(H,23,24)/t15-/m1/s1. The zero-order valence-electron chi connectivity index (χ0n) is 17.7. The average Bonchev–Trinajstić information content (AvgIpc) is 2.73. The lowest BCUT2D eigenvalue weighted by atomic mass is 9.78. The third kappa shape index (κ3) is 5.48. The lowest BCUT2D eigenvalue weighted by Gasteiger charge is -2.32. The van der Waals surface area contributed by atoms with Crippen LogP contribution >= 0.6 is 0 Å². The summed E-state index contributed by atoms with van der Waals surface area (Å²) in [5.74, 6) is -1.12. The van der Waals surface area contributed by atoms with E-state index in [1.54, 1.807) is 20.8 Å². The Labute approximate surface area is 166 Å². The van der Waals surface area contributed by atoms with E-state index in [2.05, 4.69) is 5.32 Å². The Balaban J connectivity index is 2.04.